The Morgan fingerprint density at radius 2 is 1.80 bits per heavy atom. The first-order valence-corrected chi connectivity index (χ1v) is 11.5. The van der Waals surface area contributed by atoms with Gasteiger partial charge in [0.1, 0.15) is 22.8 Å². The number of nitrogens with two attached hydrogens (primary N) is 1. The minimum absolute atomic E-state index is 0.0243. The van der Waals surface area contributed by atoms with Gasteiger partial charge in [-0.3, -0.25) is 14.2 Å². The van der Waals surface area contributed by atoms with Crippen LogP contribution in [0.2, 0.25) is 0 Å². The first-order valence-electron chi connectivity index (χ1n) is 11.5. The molecule has 3 heterocycles. The number of nitrogens with zero attached hydrogens (tertiary/aromatic N) is 5. The molecule has 10 nitrogen and oxygen atoms in total. The first kappa shape index (κ1) is 28.4. The predicted octanol–water partition coefficient (Wildman–Crippen LogP) is 3.98. The molecule has 3 aromatic heterocycles. The Labute approximate surface area is 219 Å². The molecular formula is C23H19F7N8O2. The summed E-state index contributed by atoms with van der Waals surface area (Å²) in [7, 11) is 0. The van der Waals surface area contributed by atoms with E-state index in [9.17, 15) is 40.3 Å². The minimum Gasteiger partial charge on any atom is -0.383 e. The summed E-state index contributed by atoms with van der Waals surface area (Å²) in [6.45, 7) is 1.66. The molecule has 0 bridgehead atoms. The highest BCUT2D eigenvalue weighted by Gasteiger charge is 2.37. The van der Waals surface area contributed by atoms with Crippen molar-refractivity contribution >= 4 is 22.4 Å². The molecule has 0 saturated carbocycles. The van der Waals surface area contributed by atoms with Gasteiger partial charge in [-0.25, -0.2) is 24.4 Å². The topological polar surface area (TPSA) is 144 Å². The molecule has 1 atom stereocenters. The van der Waals surface area contributed by atoms with Crippen molar-refractivity contribution < 1.29 is 30.7 Å². The van der Waals surface area contributed by atoms with E-state index in [4.69, 9.17) is 5.73 Å². The van der Waals surface area contributed by atoms with Crippen LogP contribution in [0.25, 0.3) is 22.3 Å². The average Bonchev–Trinajstić information content (AvgIpc) is 2.84. The summed E-state index contributed by atoms with van der Waals surface area (Å²) in [5, 5.41) is 7.60. The van der Waals surface area contributed by atoms with Crippen molar-refractivity contribution in [1.82, 2.24) is 29.7 Å². The Hall–Kier alpha value is -4.57. The number of rotatable bonds is 7. The van der Waals surface area contributed by atoms with Gasteiger partial charge in [-0.2, -0.15) is 31.4 Å². The maximum Gasteiger partial charge on any atom is 0.423 e. The van der Waals surface area contributed by atoms with Crippen LogP contribution in [0.3, 0.4) is 0 Å². The highest BCUT2D eigenvalue weighted by atomic mass is 19.4. The number of aromatic amines is 1. The van der Waals surface area contributed by atoms with Gasteiger partial charge < -0.3 is 11.1 Å². The molecule has 0 fully saturated rings. The van der Waals surface area contributed by atoms with Crippen molar-refractivity contribution in [1.29, 1.82) is 0 Å². The number of nitrogen functional groups attached to an aromatic ring is 1. The molecule has 40 heavy (non-hydrogen) atoms. The van der Waals surface area contributed by atoms with Crippen LogP contribution < -0.4 is 22.2 Å². The molecule has 212 valence electrons. The van der Waals surface area contributed by atoms with Crippen LogP contribution in [-0.2, 0) is 18.9 Å². The van der Waals surface area contributed by atoms with Crippen molar-refractivity contribution in [3.8, 4) is 11.4 Å². The van der Waals surface area contributed by atoms with Gasteiger partial charge in [0.25, 0.3) is 11.1 Å². The second kappa shape index (κ2) is 10.5. The van der Waals surface area contributed by atoms with Crippen LogP contribution in [0.1, 0.15) is 30.9 Å². The summed E-state index contributed by atoms with van der Waals surface area (Å²) in [4.78, 5) is 35.7. The minimum atomic E-state index is -4.90. The predicted molar refractivity (Wildman–Crippen MR) is 129 cm³/mol. The van der Waals surface area contributed by atoms with Gasteiger partial charge in [-0.1, -0.05) is 0 Å². The number of alkyl halides is 6. The number of hydrogen-bond acceptors (Lipinski definition) is 8. The lowest BCUT2D eigenvalue weighted by Gasteiger charge is -2.18. The molecule has 0 radical (unpaired) electrons. The summed E-state index contributed by atoms with van der Waals surface area (Å²) in [5.41, 5.74) is -0.115. The highest BCUT2D eigenvalue weighted by molar-refractivity contribution is 5.82. The van der Waals surface area contributed by atoms with Crippen molar-refractivity contribution in [2.75, 3.05) is 11.1 Å². The number of fused-ring (bicyclic) bond motifs is 1. The quantitative estimate of drug-likeness (QED) is 0.282. The fourth-order valence-corrected chi connectivity index (χ4v) is 3.95. The summed E-state index contributed by atoms with van der Waals surface area (Å²) >= 11 is 0. The summed E-state index contributed by atoms with van der Waals surface area (Å²) in [6, 6.07) is 1.42. The number of nitrogens with one attached hydrogen (secondary N) is 2. The van der Waals surface area contributed by atoms with Crippen LogP contribution in [-0.4, -0.2) is 35.8 Å². The second-order valence-corrected chi connectivity index (χ2v) is 8.76. The molecule has 0 aliphatic rings. The Morgan fingerprint density at radius 1 is 1.07 bits per heavy atom. The van der Waals surface area contributed by atoms with Gasteiger partial charge in [-0.15, -0.1) is 0 Å². The van der Waals surface area contributed by atoms with Gasteiger partial charge in [0, 0.05) is 18.8 Å². The van der Waals surface area contributed by atoms with Gasteiger partial charge in [0.15, 0.2) is 5.82 Å². The molecule has 1 unspecified atom stereocenters. The maximum atomic E-state index is 14.9. The molecule has 0 aliphatic heterocycles. The SMILES string of the molecule is CC(CCCn1cnc2cc(-c3ncc(C(F)(F)F)c(N)n3)c(F)cc2c1=O)Nc1cn[nH]c(=O)c1C(F)(F)F. The summed E-state index contributed by atoms with van der Waals surface area (Å²) < 4.78 is 94.4. The smallest absolute Gasteiger partial charge is 0.383 e. The number of benzene rings is 1. The van der Waals surface area contributed by atoms with Crippen molar-refractivity contribution in [3.63, 3.8) is 0 Å². The zero-order valence-corrected chi connectivity index (χ0v) is 20.4. The fourth-order valence-electron chi connectivity index (χ4n) is 3.95. The lowest BCUT2D eigenvalue weighted by Crippen LogP contribution is -2.27. The van der Waals surface area contributed by atoms with E-state index in [2.05, 4.69) is 25.4 Å². The molecule has 4 rings (SSSR count). The van der Waals surface area contributed by atoms with Crippen LogP contribution in [0.5, 0.6) is 0 Å². The van der Waals surface area contributed by atoms with Gasteiger partial charge in [0.2, 0.25) is 0 Å². The van der Waals surface area contributed by atoms with Crippen LogP contribution in [0, 0.1) is 5.82 Å². The van der Waals surface area contributed by atoms with E-state index in [0.717, 1.165) is 18.3 Å². The monoisotopic (exact) mass is 572 g/mol. The highest BCUT2D eigenvalue weighted by Crippen LogP contribution is 2.34. The van der Waals surface area contributed by atoms with Crippen molar-refractivity contribution in [2.24, 2.45) is 0 Å². The molecule has 4 N–H and O–H groups in total. The number of halogens is 7. The van der Waals surface area contributed by atoms with Gasteiger partial charge in [-0.05, 0) is 31.9 Å². The van der Waals surface area contributed by atoms with E-state index in [0.29, 0.717) is 12.6 Å². The van der Waals surface area contributed by atoms with Gasteiger partial charge >= 0.3 is 12.4 Å². The van der Waals surface area contributed by atoms with E-state index in [1.165, 1.54) is 10.9 Å². The lowest BCUT2D eigenvalue weighted by molar-refractivity contribution is -0.138. The zero-order chi connectivity index (χ0) is 29.4. The number of anilines is 2. The third-order valence-corrected chi connectivity index (χ3v) is 5.86. The molecule has 1 aromatic carbocycles. The van der Waals surface area contributed by atoms with Crippen molar-refractivity contribution in [3.05, 3.63) is 68.5 Å². The Bertz CT molecular complexity index is 1680. The number of hydrogen-bond donors (Lipinski definition) is 3. The van der Waals surface area contributed by atoms with Crippen LogP contribution in [0.15, 0.2) is 40.4 Å². The molecular weight excluding hydrogens is 553 g/mol. The Balaban J connectivity index is 1.50. The first-order chi connectivity index (χ1) is 18.7. The molecule has 4 aromatic rings. The zero-order valence-electron chi connectivity index (χ0n) is 20.4. The van der Waals surface area contributed by atoms with E-state index in [-0.39, 0.29) is 29.4 Å². The molecule has 0 amide bonds. The van der Waals surface area contributed by atoms with E-state index in [1.54, 1.807) is 12.0 Å². The Kier molecular flexibility index (Phi) is 7.49. The number of H-pyrrole nitrogens is 1. The molecule has 0 spiro atoms. The Morgan fingerprint density at radius 3 is 2.45 bits per heavy atom. The molecule has 0 saturated heterocycles. The van der Waals surface area contributed by atoms with Crippen molar-refractivity contribution in [2.45, 2.75) is 44.7 Å². The third-order valence-electron chi connectivity index (χ3n) is 5.86. The summed E-state index contributed by atoms with van der Waals surface area (Å²) in [5.74, 6) is -2.32. The maximum absolute atomic E-state index is 14.9. The average molecular weight is 572 g/mol. The number of aromatic nitrogens is 6. The van der Waals surface area contributed by atoms with E-state index >= 15 is 0 Å². The standard InChI is InChI=1S/C23H19F7N8O2/c1-10(35-16-8-34-37-20(39)17(16)23(28,29)30)3-2-4-38-9-33-15-6-11(14(24)5-12(15)21(38)40)19-32-7-13(18(31)36-19)22(25,26)27/h5-10H,2-4H2,1H3,(H2,31,32,36)(H2,35,37,39). The van der Waals surface area contributed by atoms with Crippen LogP contribution >= 0.6 is 0 Å². The van der Waals surface area contributed by atoms with E-state index < -0.39 is 63.8 Å². The summed E-state index contributed by atoms with van der Waals surface area (Å²) in [6.07, 6.45) is -6.68. The molecule has 17 heteroatoms. The number of aryl methyl sites for hydroxylation is 1. The second-order valence-electron chi connectivity index (χ2n) is 8.76. The normalized spacial score (nSPS) is 13.0. The van der Waals surface area contributed by atoms with E-state index in [1.807, 2.05) is 0 Å². The van der Waals surface area contributed by atoms with Crippen LogP contribution in [0.4, 0.5) is 42.2 Å². The largest absolute Gasteiger partial charge is 0.423 e. The fraction of sp³-hybridized carbons (Fsp3) is 0.304. The third kappa shape index (κ3) is 5.86. The molecule has 0 aliphatic carbocycles. The van der Waals surface area contributed by atoms with Gasteiger partial charge in [0.05, 0.1) is 34.7 Å². The lowest BCUT2D eigenvalue weighted by atomic mass is 10.1.